The molecular formula is C16H26F2O2Si. The van der Waals surface area contributed by atoms with Crippen molar-refractivity contribution in [3.63, 3.8) is 0 Å². The summed E-state index contributed by atoms with van der Waals surface area (Å²) in [6.45, 7) is 5.72. The lowest BCUT2D eigenvalue weighted by atomic mass is 10.1. The number of rotatable bonds is 11. The standard InChI is InChI=1S/C16H26F2O2Si/c1-3-10-19-21(20-11-4-2)12-6-5-7-14-8-9-15(17)16(18)13-14/h8-9,13,21H,3-7,10-12H2,1-2H3. The maximum atomic E-state index is 13.1. The monoisotopic (exact) mass is 316 g/mol. The summed E-state index contributed by atoms with van der Waals surface area (Å²) < 4.78 is 37.5. The van der Waals surface area contributed by atoms with Gasteiger partial charge in [0.1, 0.15) is 0 Å². The zero-order chi connectivity index (χ0) is 15.5. The van der Waals surface area contributed by atoms with Crippen molar-refractivity contribution < 1.29 is 17.6 Å². The molecule has 5 heteroatoms. The molecule has 0 N–H and O–H groups in total. The molecule has 0 fully saturated rings. The molecule has 0 radical (unpaired) electrons. The van der Waals surface area contributed by atoms with Crippen LogP contribution in [-0.2, 0) is 15.3 Å². The van der Waals surface area contributed by atoms with E-state index in [2.05, 4.69) is 13.8 Å². The summed E-state index contributed by atoms with van der Waals surface area (Å²) >= 11 is 0. The lowest BCUT2D eigenvalue weighted by Crippen LogP contribution is -2.23. The van der Waals surface area contributed by atoms with Crippen LogP contribution in [0.5, 0.6) is 0 Å². The molecule has 0 saturated heterocycles. The van der Waals surface area contributed by atoms with Crippen molar-refractivity contribution in [2.75, 3.05) is 13.2 Å². The fraction of sp³-hybridized carbons (Fsp3) is 0.625. The molecule has 0 aliphatic heterocycles. The van der Waals surface area contributed by atoms with Gasteiger partial charge in [0, 0.05) is 13.2 Å². The third kappa shape index (κ3) is 7.69. The van der Waals surface area contributed by atoms with Crippen LogP contribution in [0.15, 0.2) is 18.2 Å². The lowest BCUT2D eigenvalue weighted by molar-refractivity contribution is 0.195. The summed E-state index contributed by atoms with van der Waals surface area (Å²) in [5.41, 5.74) is 0.844. The highest BCUT2D eigenvalue weighted by Crippen LogP contribution is 2.13. The number of hydrogen-bond donors (Lipinski definition) is 0. The Morgan fingerprint density at radius 3 is 2.19 bits per heavy atom. The van der Waals surface area contributed by atoms with Crippen LogP contribution < -0.4 is 0 Å². The first-order valence-corrected chi connectivity index (χ1v) is 9.60. The van der Waals surface area contributed by atoms with Gasteiger partial charge >= 0.3 is 9.28 Å². The van der Waals surface area contributed by atoms with E-state index in [1.807, 2.05) is 0 Å². The minimum Gasteiger partial charge on any atom is -0.397 e. The van der Waals surface area contributed by atoms with E-state index in [0.29, 0.717) is 0 Å². The maximum absolute atomic E-state index is 13.1. The van der Waals surface area contributed by atoms with Crippen LogP contribution in [-0.4, -0.2) is 22.5 Å². The van der Waals surface area contributed by atoms with Gasteiger partial charge in [-0.3, -0.25) is 0 Å². The smallest absolute Gasteiger partial charge is 0.321 e. The van der Waals surface area contributed by atoms with Crippen molar-refractivity contribution >= 4 is 9.28 Å². The summed E-state index contributed by atoms with van der Waals surface area (Å²) in [6.07, 6.45) is 4.73. The summed E-state index contributed by atoms with van der Waals surface area (Å²) in [5.74, 6) is -1.55. The largest absolute Gasteiger partial charge is 0.397 e. The molecule has 0 atom stereocenters. The fourth-order valence-corrected chi connectivity index (χ4v) is 4.10. The molecule has 120 valence electrons. The van der Waals surface area contributed by atoms with Gasteiger partial charge in [-0.2, -0.15) is 0 Å². The molecular weight excluding hydrogens is 290 g/mol. The molecule has 0 saturated carbocycles. The van der Waals surface area contributed by atoms with Crippen molar-refractivity contribution in [1.29, 1.82) is 0 Å². The van der Waals surface area contributed by atoms with Crippen LogP contribution in [0.3, 0.4) is 0 Å². The van der Waals surface area contributed by atoms with Gasteiger partial charge in [-0.25, -0.2) is 8.78 Å². The quantitative estimate of drug-likeness (QED) is 0.446. The van der Waals surface area contributed by atoms with Gasteiger partial charge in [0.2, 0.25) is 0 Å². The van der Waals surface area contributed by atoms with Crippen molar-refractivity contribution in [1.82, 2.24) is 0 Å². The molecule has 0 spiro atoms. The highest BCUT2D eigenvalue weighted by atomic mass is 28.3. The average molecular weight is 316 g/mol. The molecule has 0 aliphatic rings. The molecule has 21 heavy (non-hydrogen) atoms. The number of halogens is 2. The van der Waals surface area contributed by atoms with Crippen molar-refractivity contribution in [2.24, 2.45) is 0 Å². The molecule has 1 rings (SSSR count). The van der Waals surface area contributed by atoms with Crippen LogP contribution in [0, 0.1) is 11.6 Å². The Kier molecular flexibility index (Phi) is 9.46. The van der Waals surface area contributed by atoms with E-state index in [1.165, 1.54) is 12.1 Å². The maximum Gasteiger partial charge on any atom is 0.321 e. The Morgan fingerprint density at radius 2 is 1.62 bits per heavy atom. The fourth-order valence-electron chi connectivity index (χ4n) is 2.05. The van der Waals surface area contributed by atoms with Crippen LogP contribution >= 0.6 is 0 Å². The Balaban J connectivity index is 2.27. The molecule has 0 aromatic heterocycles. The van der Waals surface area contributed by atoms with E-state index in [0.717, 1.165) is 56.9 Å². The summed E-state index contributed by atoms with van der Waals surface area (Å²) in [7, 11) is -1.55. The van der Waals surface area contributed by atoms with E-state index < -0.39 is 20.9 Å². The second-order valence-electron chi connectivity index (χ2n) is 5.17. The first-order chi connectivity index (χ1) is 10.2. The minimum absolute atomic E-state index is 0.764. The van der Waals surface area contributed by atoms with Crippen molar-refractivity contribution in [3.8, 4) is 0 Å². The number of benzene rings is 1. The van der Waals surface area contributed by atoms with Crippen LogP contribution in [0.4, 0.5) is 8.78 Å². The minimum atomic E-state index is -1.55. The van der Waals surface area contributed by atoms with Gasteiger partial charge in [-0.05, 0) is 49.4 Å². The first kappa shape index (κ1) is 18.3. The molecule has 2 nitrogen and oxygen atoms in total. The molecule has 0 bridgehead atoms. The molecule has 1 aromatic carbocycles. The van der Waals surface area contributed by atoms with E-state index in [4.69, 9.17) is 8.85 Å². The van der Waals surface area contributed by atoms with Gasteiger partial charge in [0.05, 0.1) is 0 Å². The predicted molar refractivity (Wildman–Crippen MR) is 83.7 cm³/mol. The second kappa shape index (κ2) is 10.9. The van der Waals surface area contributed by atoms with Crippen LogP contribution in [0.25, 0.3) is 0 Å². The SMILES string of the molecule is CCCO[SiH](CCCCc1ccc(F)c(F)c1)OCCC. The third-order valence-corrected chi connectivity index (χ3v) is 5.25. The van der Waals surface area contributed by atoms with E-state index in [9.17, 15) is 8.78 Å². The highest BCUT2D eigenvalue weighted by molar-refractivity contribution is 6.44. The zero-order valence-corrected chi connectivity index (χ0v) is 14.2. The van der Waals surface area contributed by atoms with Crippen LogP contribution in [0.1, 0.15) is 45.1 Å². The Bertz CT molecular complexity index is 394. The number of unbranched alkanes of at least 4 members (excludes halogenated alkanes) is 1. The summed E-state index contributed by atoms with van der Waals surface area (Å²) in [4.78, 5) is 0. The van der Waals surface area contributed by atoms with Gasteiger partial charge in [0.15, 0.2) is 11.6 Å². The van der Waals surface area contributed by atoms with E-state index >= 15 is 0 Å². The third-order valence-electron chi connectivity index (χ3n) is 3.16. The Hall–Kier alpha value is -0.783. The average Bonchev–Trinajstić information content (AvgIpc) is 2.49. The second-order valence-corrected chi connectivity index (χ2v) is 7.27. The number of aryl methyl sites for hydroxylation is 1. The zero-order valence-electron chi connectivity index (χ0n) is 13.0. The normalized spacial score (nSPS) is 11.3. The van der Waals surface area contributed by atoms with Gasteiger partial charge in [-0.1, -0.05) is 26.3 Å². The molecule has 0 aliphatic carbocycles. The van der Waals surface area contributed by atoms with E-state index in [1.54, 1.807) is 6.07 Å². The van der Waals surface area contributed by atoms with Gasteiger partial charge in [0.25, 0.3) is 0 Å². The summed E-state index contributed by atoms with van der Waals surface area (Å²) in [5, 5.41) is 0. The van der Waals surface area contributed by atoms with Crippen molar-refractivity contribution in [2.45, 2.75) is 52.0 Å². The Labute approximate surface area is 128 Å². The topological polar surface area (TPSA) is 18.5 Å². The molecule has 0 unspecified atom stereocenters. The summed E-state index contributed by atoms with van der Waals surface area (Å²) in [6, 6.07) is 5.10. The van der Waals surface area contributed by atoms with Crippen LogP contribution in [0.2, 0.25) is 6.04 Å². The number of hydrogen-bond acceptors (Lipinski definition) is 2. The van der Waals surface area contributed by atoms with Gasteiger partial charge < -0.3 is 8.85 Å². The lowest BCUT2D eigenvalue weighted by Gasteiger charge is -2.16. The molecule has 0 heterocycles. The highest BCUT2D eigenvalue weighted by Gasteiger charge is 2.12. The molecule has 0 amide bonds. The first-order valence-electron chi connectivity index (χ1n) is 7.84. The van der Waals surface area contributed by atoms with E-state index in [-0.39, 0.29) is 0 Å². The Morgan fingerprint density at radius 1 is 0.952 bits per heavy atom. The predicted octanol–water partition coefficient (Wildman–Crippen LogP) is 4.36. The van der Waals surface area contributed by atoms with Gasteiger partial charge in [-0.15, -0.1) is 0 Å². The molecule has 1 aromatic rings. The van der Waals surface area contributed by atoms with Crippen molar-refractivity contribution in [3.05, 3.63) is 35.4 Å².